The van der Waals surface area contributed by atoms with Gasteiger partial charge in [-0.25, -0.2) is 0 Å². The topological polar surface area (TPSA) is 77.2 Å². The molecule has 3 heterocycles. The van der Waals surface area contributed by atoms with Crippen molar-refractivity contribution in [1.82, 2.24) is 24.8 Å². The highest BCUT2D eigenvalue weighted by Gasteiger charge is 2.13. The number of anilines is 1. The molecule has 4 rings (SSSR count). The van der Waals surface area contributed by atoms with Crippen molar-refractivity contribution in [2.24, 2.45) is 0 Å². The van der Waals surface area contributed by atoms with E-state index in [1.807, 2.05) is 54.7 Å². The monoisotopic (exact) mass is 360 g/mol. The lowest BCUT2D eigenvalue weighted by Crippen LogP contribution is -2.19. The van der Waals surface area contributed by atoms with Crippen molar-refractivity contribution in [3.63, 3.8) is 0 Å². The van der Waals surface area contributed by atoms with Crippen LogP contribution in [0.3, 0.4) is 0 Å². The number of rotatable bonds is 6. The fourth-order valence-corrected chi connectivity index (χ4v) is 2.98. The number of benzene rings is 1. The zero-order chi connectivity index (χ0) is 18.6. The predicted molar refractivity (Wildman–Crippen MR) is 104 cm³/mol. The number of fused-ring (bicyclic) bond motifs is 1. The molecule has 0 amide bonds. The molecule has 7 nitrogen and oxygen atoms in total. The highest BCUT2D eigenvalue weighted by Crippen LogP contribution is 2.25. The van der Waals surface area contributed by atoms with Gasteiger partial charge in [-0.15, -0.1) is 10.2 Å². The number of ether oxygens (including phenoxy) is 1. The Morgan fingerprint density at radius 3 is 2.74 bits per heavy atom. The first kappa shape index (κ1) is 17.0. The van der Waals surface area contributed by atoms with Gasteiger partial charge in [-0.2, -0.15) is 9.61 Å². The molecule has 0 fully saturated rings. The van der Waals surface area contributed by atoms with Crippen LogP contribution in [0.2, 0.25) is 0 Å². The molecule has 0 bridgehead atoms. The van der Waals surface area contributed by atoms with E-state index in [1.54, 1.807) is 18.0 Å². The normalized spacial score (nSPS) is 12.1. The van der Waals surface area contributed by atoms with Gasteiger partial charge in [0, 0.05) is 29.9 Å². The van der Waals surface area contributed by atoms with Crippen molar-refractivity contribution in [2.75, 3.05) is 12.4 Å². The number of nitrogens with zero attached hydrogens (tertiary/aromatic N) is 5. The molecule has 0 saturated heterocycles. The quantitative estimate of drug-likeness (QED) is 0.569. The van der Waals surface area contributed by atoms with Gasteiger partial charge < -0.3 is 10.1 Å². The van der Waals surface area contributed by atoms with E-state index in [1.165, 1.54) is 0 Å². The Labute approximate surface area is 157 Å². The van der Waals surface area contributed by atoms with Crippen LogP contribution in [0.25, 0.3) is 16.9 Å². The zero-order valence-corrected chi connectivity index (χ0v) is 15.2. The van der Waals surface area contributed by atoms with E-state index in [-0.39, 0.29) is 6.04 Å². The molecule has 0 radical (unpaired) electrons. The van der Waals surface area contributed by atoms with E-state index in [2.05, 4.69) is 32.5 Å². The molecule has 27 heavy (non-hydrogen) atoms. The van der Waals surface area contributed by atoms with Crippen LogP contribution in [-0.4, -0.2) is 37.9 Å². The smallest absolute Gasteiger partial charge is 0.200 e. The maximum Gasteiger partial charge on any atom is 0.200 e. The van der Waals surface area contributed by atoms with Crippen LogP contribution in [-0.2, 0) is 6.42 Å². The molecule has 1 unspecified atom stereocenters. The second-order valence-corrected chi connectivity index (χ2v) is 6.34. The maximum atomic E-state index is 5.23. The summed E-state index contributed by atoms with van der Waals surface area (Å²) in [6.07, 6.45) is 4.23. The summed E-state index contributed by atoms with van der Waals surface area (Å²) in [6, 6.07) is 15.9. The van der Waals surface area contributed by atoms with E-state index < -0.39 is 0 Å². The molecule has 1 aromatic carbocycles. The Bertz CT molecular complexity index is 1030. The van der Waals surface area contributed by atoms with Gasteiger partial charge in [0.15, 0.2) is 0 Å². The first-order chi connectivity index (χ1) is 13.2. The summed E-state index contributed by atoms with van der Waals surface area (Å²) in [4.78, 5) is 4.40. The molecule has 0 aliphatic heterocycles. The number of methoxy groups -OCH3 is 1. The fraction of sp³-hybridized carbons (Fsp3) is 0.200. The Morgan fingerprint density at radius 1 is 1.15 bits per heavy atom. The van der Waals surface area contributed by atoms with E-state index >= 15 is 0 Å². The molecule has 1 N–H and O–H groups in total. The van der Waals surface area contributed by atoms with E-state index in [4.69, 9.17) is 4.74 Å². The third-order valence-corrected chi connectivity index (χ3v) is 4.30. The second-order valence-electron chi connectivity index (χ2n) is 6.34. The van der Waals surface area contributed by atoms with E-state index in [0.29, 0.717) is 5.65 Å². The molecular formula is C20H20N6O. The van der Waals surface area contributed by atoms with Gasteiger partial charge in [0.05, 0.1) is 18.5 Å². The van der Waals surface area contributed by atoms with Crippen LogP contribution in [0.4, 0.5) is 5.69 Å². The minimum absolute atomic E-state index is 0.173. The SMILES string of the molecule is COc1ccc(-c2cc(NC(C)Cc3ccccn3)c3nncn3n2)cc1. The number of pyridine rings is 1. The first-order valence-corrected chi connectivity index (χ1v) is 8.75. The van der Waals surface area contributed by atoms with Crippen LogP contribution in [0, 0.1) is 0 Å². The molecule has 3 aromatic heterocycles. The standard InChI is InChI=1S/C20H20N6O/c1-14(11-16-5-3-4-10-21-16)23-19-12-18(25-26-13-22-24-20(19)26)15-6-8-17(27-2)9-7-15/h3-10,12-14,23H,11H2,1-2H3. The van der Waals surface area contributed by atoms with Gasteiger partial charge in [0.1, 0.15) is 12.1 Å². The Kier molecular flexibility index (Phi) is 4.65. The average Bonchev–Trinajstić information content (AvgIpc) is 3.18. The second kappa shape index (κ2) is 7.41. The van der Waals surface area contributed by atoms with Gasteiger partial charge in [-0.05, 0) is 49.4 Å². The van der Waals surface area contributed by atoms with Gasteiger partial charge in [-0.3, -0.25) is 4.98 Å². The summed E-state index contributed by atoms with van der Waals surface area (Å²) < 4.78 is 6.92. The molecule has 4 aromatic rings. The summed E-state index contributed by atoms with van der Waals surface area (Å²) in [5, 5.41) is 16.3. The van der Waals surface area contributed by atoms with Crippen molar-refractivity contribution in [3.8, 4) is 17.0 Å². The maximum absolute atomic E-state index is 5.23. The Hall–Kier alpha value is -3.48. The fourth-order valence-electron chi connectivity index (χ4n) is 2.98. The number of hydrogen-bond acceptors (Lipinski definition) is 6. The van der Waals surface area contributed by atoms with Gasteiger partial charge in [-0.1, -0.05) is 6.07 Å². The van der Waals surface area contributed by atoms with Crippen molar-refractivity contribution >= 4 is 11.3 Å². The van der Waals surface area contributed by atoms with Crippen LogP contribution >= 0.6 is 0 Å². The molecule has 0 aliphatic carbocycles. The van der Waals surface area contributed by atoms with Crippen molar-refractivity contribution in [3.05, 3.63) is 66.7 Å². The molecule has 7 heteroatoms. The van der Waals surface area contributed by atoms with Gasteiger partial charge in [0.25, 0.3) is 0 Å². The summed E-state index contributed by atoms with van der Waals surface area (Å²) in [7, 11) is 1.65. The van der Waals surface area contributed by atoms with Crippen LogP contribution < -0.4 is 10.1 Å². The lowest BCUT2D eigenvalue weighted by molar-refractivity contribution is 0.415. The third-order valence-electron chi connectivity index (χ3n) is 4.30. The van der Waals surface area contributed by atoms with Crippen molar-refractivity contribution in [2.45, 2.75) is 19.4 Å². The van der Waals surface area contributed by atoms with E-state index in [0.717, 1.165) is 34.8 Å². The van der Waals surface area contributed by atoms with Crippen molar-refractivity contribution in [1.29, 1.82) is 0 Å². The molecule has 0 spiro atoms. The summed E-state index contributed by atoms with van der Waals surface area (Å²) in [6.45, 7) is 2.12. The number of aromatic nitrogens is 5. The zero-order valence-electron chi connectivity index (χ0n) is 15.2. The number of hydrogen-bond donors (Lipinski definition) is 1. The molecule has 1 atom stereocenters. The van der Waals surface area contributed by atoms with Crippen molar-refractivity contribution < 1.29 is 4.74 Å². The minimum atomic E-state index is 0.173. The van der Waals surface area contributed by atoms with Crippen LogP contribution in [0.1, 0.15) is 12.6 Å². The highest BCUT2D eigenvalue weighted by molar-refractivity contribution is 5.73. The Morgan fingerprint density at radius 2 is 2.00 bits per heavy atom. The summed E-state index contributed by atoms with van der Waals surface area (Å²) >= 11 is 0. The average molecular weight is 360 g/mol. The molecule has 136 valence electrons. The molecule has 0 aliphatic rings. The summed E-state index contributed by atoms with van der Waals surface area (Å²) in [5.41, 5.74) is 4.45. The van der Waals surface area contributed by atoms with E-state index in [9.17, 15) is 0 Å². The largest absolute Gasteiger partial charge is 0.497 e. The summed E-state index contributed by atoms with van der Waals surface area (Å²) in [5.74, 6) is 0.812. The molecular weight excluding hydrogens is 340 g/mol. The van der Waals surface area contributed by atoms with Crippen LogP contribution in [0.15, 0.2) is 61.1 Å². The highest BCUT2D eigenvalue weighted by atomic mass is 16.5. The van der Waals surface area contributed by atoms with Gasteiger partial charge >= 0.3 is 0 Å². The predicted octanol–water partition coefficient (Wildman–Crippen LogP) is 3.24. The number of nitrogens with one attached hydrogen (secondary N) is 1. The third kappa shape index (κ3) is 3.72. The minimum Gasteiger partial charge on any atom is -0.497 e. The van der Waals surface area contributed by atoms with Gasteiger partial charge in [0.2, 0.25) is 5.65 Å². The lowest BCUT2D eigenvalue weighted by atomic mass is 10.1. The molecule has 0 saturated carbocycles. The first-order valence-electron chi connectivity index (χ1n) is 8.75. The Balaban J connectivity index is 1.64. The van der Waals surface area contributed by atoms with Crippen LogP contribution in [0.5, 0.6) is 5.75 Å². The lowest BCUT2D eigenvalue weighted by Gasteiger charge is -2.16.